The van der Waals surface area contributed by atoms with Crippen LogP contribution in [-0.4, -0.2) is 9.97 Å². The molecule has 0 aliphatic carbocycles. The van der Waals surface area contributed by atoms with E-state index in [2.05, 4.69) is 25.9 Å². The maximum absolute atomic E-state index is 13.3. The standard InChI is InChI=1S/C10H5BrF2N2O/c11-6-4-7(12)9(13)8(5-6)16-10-14-2-1-3-15-10/h1-5H. The highest BCUT2D eigenvalue weighted by molar-refractivity contribution is 9.10. The fraction of sp³-hybridized carbons (Fsp3) is 0. The van der Waals surface area contributed by atoms with E-state index in [9.17, 15) is 8.78 Å². The molecule has 0 N–H and O–H groups in total. The maximum Gasteiger partial charge on any atom is 0.321 e. The van der Waals surface area contributed by atoms with Crippen molar-refractivity contribution < 1.29 is 13.5 Å². The van der Waals surface area contributed by atoms with Gasteiger partial charge in [0.1, 0.15) is 0 Å². The van der Waals surface area contributed by atoms with Gasteiger partial charge in [-0.2, -0.15) is 4.39 Å². The number of halogens is 3. The maximum atomic E-state index is 13.3. The third-order valence-electron chi connectivity index (χ3n) is 1.70. The van der Waals surface area contributed by atoms with Crippen LogP contribution in [0.5, 0.6) is 11.8 Å². The van der Waals surface area contributed by atoms with Crippen LogP contribution in [0.2, 0.25) is 0 Å². The lowest BCUT2D eigenvalue weighted by molar-refractivity contribution is 0.392. The summed E-state index contributed by atoms with van der Waals surface area (Å²) in [5, 5.41) is 0. The zero-order chi connectivity index (χ0) is 11.5. The van der Waals surface area contributed by atoms with Crippen LogP contribution in [0.25, 0.3) is 0 Å². The summed E-state index contributed by atoms with van der Waals surface area (Å²) in [6, 6.07) is 3.85. The molecule has 1 aromatic carbocycles. The third kappa shape index (κ3) is 2.33. The van der Waals surface area contributed by atoms with Crippen LogP contribution in [-0.2, 0) is 0 Å². The van der Waals surface area contributed by atoms with Gasteiger partial charge in [-0.15, -0.1) is 0 Å². The van der Waals surface area contributed by atoms with Crippen LogP contribution in [0.3, 0.4) is 0 Å². The quantitative estimate of drug-likeness (QED) is 0.795. The number of ether oxygens (including phenoxy) is 1. The molecule has 0 saturated heterocycles. The van der Waals surface area contributed by atoms with Gasteiger partial charge < -0.3 is 4.74 Å². The van der Waals surface area contributed by atoms with Crippen LogP contribution in [0.15, 0.2) is 35.1 Å². The summed E-state index contributed by atoms with van der Waals surface area (Å²) in [6.45, 7) is 0. The van der Waals surface area contributed by atoms with E-state index < -0.39 is 11.6 Å². The second kappa shape index (κ2) is 4.52. The first kappa shape index (κ1) is 10.9. The van der Waals surface area contributed by atoms with Crippen molar-refractivity contribution in [2.45, 2.75) is 0 Å². The molecule has 0 radical (unpaired) electrons. The predicted octanol–water partition coefficient (Wildman–Crippen LogP) is 3.31. The lowest BCUT2D eigenvalue weighted by Gasteiger charge is -2.05. The van der Waals surface area contributed by atoms with E-state index in [4.69, 9.17) is 4.74 Å². The molecule has 0 saturated carbocycles. The summed E-state index contributed by atoms with van der Waals surface area (Å²) in [7, 11) is 0. The molecular weight excluding hydrogens is 282 g/mol. The van der Waals surface area contributed by atoms with Crippen molar-refractivity contribution in [3.05, 3.63) is 46.7 Å². The largest absolute Gasteiger partial charge is 0.421 e. The molecule has 2 rings (SSSR count). The second-order valence-electron chi connectivity index (χ2n) is 2.83. The molecule has 3 nitrogen and oxygen atoms in total. The van der Waals surface area contributed by atoms with Gasteiger partial charge in [0, 0.05) is 16.9 Å². The molecule has 0 unspecified atom stereocenters. The Morgan fingerprint density at radius 2 is 1.81 bits per heavy atom. The van der Waals surface area contributed by atoms with Gasteiger partial charge in [0.25, 0.3) is 0 Å². The number of aromatic nitrogens is 2. The minimum Gasteiger partial charge on any atom is -0.421 e. The molecule has 1 heterocycles. The second-order valence-corrected chi connectivity index (χ2v) is 3.75. The van der Waals surface area contributed by atoms with Crippen molar-refractivity contribution in [3.63, 3.8) is 0 Å². The molecule has 82 valence electrons. The van der Waals surface area contributed by atoms with Crippen LogP contribution in [0.1, 0.15) is 0 Å². The fourth-order valence-corrected chi connectivity index (χ4v) is 1.45. The summed E-state index contributed by atoms with van der Waals surface area (Å²) in [4.78, 5) is 7.47. The van der Waals surface area contributed by atoms with Gasteiger partial charge in [-0.05, 0) is 18.2 Å². The lowest BCUT2D eigenvalue weighted by Crippen LogP contribution is -1.95. The van der Waals surface area contributed by atoms with Crippen molar-refractivity contribution >= 4 is 15.9 Å². The summed E-state index contributed by atoms with van der Waals surface area (Å²) in [6.07, 6.45) is 2.88. The van der Waals surface area contributed by atoms with Crippen molar-refractivity contribution in [3.8, 4) is 11.8 Å². The third-order valence-corrected chi connectivity index (χ3v) is 2.16. The van der Waals surface area contributed by atoms with Gasteiger partial charge in [0.05, 0.1) is 0 Å². The van der Waals surface area contributed by atoms with Crippen LogP contribution in [0, 0.1) is 11.6 Å². The van der Waals surface area contributed by atoms with Crippen molar-refractivity contribution in [2.24, 2.45) is 0 Å². The Kier molecular flexibility index (Phi) is 3.09. The fourth-order valence-electron chi connectivity index (χ4n) is 1.04. The first-order valence-corrected chi connectivity index (χ1v) is 5.05. The highest BCUT2D eigenvalue weighted by Crippen LogP contribution is 2.27. The number of nitrogens with zero attached hydrogens (tertiary/aromatic N) is 2. The molecule has 0 amide bonds. The minimum atomic E-state index is -1.07. The van der Waals surface area contributed by atoms with Crippen molar-refractivity contribution in [1.29, 1.82) is 0 Å². The van der Waals surface area contributed by atoms with E-state index in [-0.39, 0.29) is 11.8 Å². The molecule has 0 fully saturated rings. The summed E-state index contributed by atoms with van der Waals surface area (Å²) >= 11 is 3.03. The van der Waals surface area contributed by atoms with Gasteiger partial charge in [-0.1, -0.05) is 15.9 Å². The highest BCUT2D eigenvalue weighted by Gasteiger charge is 2.12. The zero-order valence-corrected chi connectivity index (χ0v) is 9.41. The van der Waals surface area contributed by atoms with E-state index in [0.29, 0.717) is 4.47 Å². The summed E-state index contributed by atoms with van der Waals surface area (Å²) < 4.78 is 31.7. The normalized spacial score (nSPS) is 10.2. The molecular formula is C10H5BrF2N2O. The predicted molar refractivity (Wildman–Crippen MR) is 56.2 cm³/mol. The van der Waals surface area contributed by atoms with Gasteiger partial charge >= 0.3 is 6.01 Å². The zero-order valence-electron chi connectivity index (χ0n) is 7.82. The molecule has 0 bridgehead atoms. The van der Waals surface area contributed by atoms with E-state index in [1.807, 2.05) is 0 Å². The van der Waals surface area contributed by atoms with Gasteiger partial charge in [-0.25, -0.2) is 14.4 Å². The Bertz CT molecular complexity index is 508. The molecule has 0 atom stereocenters. The molecule has 2 aromatic rings. The molecule has 6 heteroatoms. The Morgan fingerprint density at radius 3 is 2.50 bits per heavy atom. The molecule has 0 spiro atoms. The highest BCUT2D eigenvalue weighted by atomic mass is 79.9. The Labute approximate surface area is 98.2 Å². The van der Waals surface area contributed by atoms with E-state index in [1.165, 1.54) is 18.5 Å². The lowest BCUT2D eigenvalue weighted by atomic mass is 10.3. The van der Waals surface area contributed by atoms with Crippen LogP contribution in [0.4, 0.5) is 8.78 Å². The van der Waals surface area contributed by atoms with Gasteiger partial charge in [-0.3, -0.25) is 0 Å². The van der Waals surface area contributed by atoms with Gasteiger partial charge in [0.2, 0.25) is 5.82 Å². The van der Waals surface area contributed by atoms with Crippen LogP contribution < -0.4 is 4.74 Å². The molecule has 1 aromatic heterocycles. The monoisotopic (exact) mass is 286 g/mol. The SMILES string of the molecule is Fc1cc(Br)cc(Oc2ncccn2)c1F. The van der Waals surface area contributed by atoms with Crippen LogP contribution >= 0.6 is 15.9 Å². The van der Waals surface area contributed by atoms with E-state index in [0.717, 1.165) is 6.07 Å². The van der Waals surface area contributed by atoms with E-state index in [1.54, 1.807) is 6.07 Å². The summed E-state index contributed by atoms with van der Waals surface area (Å²) in [5.41, 5.74) is 0. The molecule has 0 aliphatic heterocycles. The average Bonchev–Trinajstić information content (AvgIpc) is 2.27. The number of hydrogen-bond acceptors (Lipinski definition) is 3. The minimum absolute atomic E-state index is 0.0427. The number of rotatable bonds is 2. The molecule has 16 heavy (non-hydrogen) atoms. The Hall–Kier alpha value is -1.56. The Balaban J connectivity index is 2.35. The van der Waals surface area contributed by atoms with Gasteiger partial charge in [0.15, 0.2) is 11.6 Å². The first-order chi connectivity index (χ1) is 7.66. The summed E-state index contributed by atoms with van der Waals surface area (Å²) in [5.74, 6) is -2.34. The smallest absolute Gasteiger partial charge is 0.321 e. The topological polar surface area (TPSA) is 35.0 Å². The number of hydrogen-bond donors (Lipinski definition) is 0. The average molecular weight is 287 g/mol. The Morgan fingerprint density at radius 1 is 1.12 bits per heavy atom. The number of benzene rings is 1. The first-order valence-electron chi connectivity index (χ1n) is 4.26. The van der Waals surface area contributed by atoms with E-state index >= 15 is 0 Å². The molecule has 0 aliphatic rings. The van der Waals surface area contributed by atoms with Crippen molar-refractivity contribution in [1.82, 2.24) is 9.97 Å². The van der Waals surface area contributed by atoms with Crippen molar-refractivity contribution in [2.75, 3.05) is 0 Å².